The Morgan fingerprint density at radius 1 is 1.44 bits per heavy atom. The molecule has 1 amide bonds. The van der Waals surface area contributed by atoms with Crippen LogP contribution in [0.3, 0.4) is 0 Å². The van der Waals surface area contributed by atoms with Gasteiger partial charge in [0.25, 0.3) is 0 Å². The molecule has 0 aromatic heterocycles. The summed E-state index contributed by atoms with van der Waals surface area (Å²) in [6.45, 7) is 4.46. The molecule has 0 bridgehead atoms. The number of hydrogen-bond acceptors (Lipinski definition) is 2. The molecule has 1 atom stereocenters. The summed E-state index contributed by atoms with van der Waals surface area (Å²) >= 11 is 12.1. The second-order valence-electron chi connectivity index (χ2n) is 4.48. The van der Waals surface area contributed by atoms with Crippen LogP contribution in [0.2, 0.25) is 10.0 Å². The average molecular weight is 289 g/mol. The number of amides is 1. The molecule has 3 N–H and O–H groups in total. The van der Waals surface area contributed by atoms with Gasteiger partial charge in [-0.25, -0.2) is 0 Å². The van der Waals surface area contributed by atoms with E-state index in [0.717, 1.165) is 12.0 Å². The molecule has 5 heteroatoms. The summed E-state index contributed by atoms with van der Waals surface area (Å²) in [5.74, 6) is 0.240. The molecule has 1 aromatic rings. The van der Waals surface area contributed by atoms with Crippen LogP contribution in [0.5, 0.6) is 0 Å². The Morgan fingerprint density at radius 2 is 2.11 bits per heavy atom. The SMILES string of the molecule is Cc1ccc(Cl)c(NC(=O)CCC(C)CN)c1Cl. The van der Waals surface area contributed by atoms with Gasteiger partial charge in [-0.15, -0.1) is 0 Å². The number of hydrogen-bond donors (Lipinski definition) is 2. The first-order valence-corrected chi connectivity index (χ1v) is 6.65. The van der Waals surface area contributed by atoms with Gasteiger partial charge in [0.1, 0.15) is 0 Å². The molecule has 3 nitrogen and oxygen atoms in total. The molecule has 0 spiro atoms. The van der Waals surface area contributed by atoms with E-state index < -0.39 is 0 Å². The fourth-order valence-corrected chi connectivity index (χ4v) is 1.93. The zero-order valence-corrected chi connectivity index (χ0v) is 12.1. The van der Waals surface area contributed by atoms with Gasteiger partial charge in [0.15, 0.2) is 0 Å². The number of nitrogens with one attached hydrogen (secondary N) is 1. The van der Waals surface area contributed by atoms with E-state index in [2.05, 4.69) is 5.32 Å². The number of anilines is 1. The van der Waals surface area contributed by atoms with Crippen molar-refractivity contribution in [3.05, 3.63) is 27.7 Å². The molecule has 100 valence electrons. The number of carbonyl (C=O) groups is 1. The Kier molecular flexibility index (Phi) is 5.93. The summed E-state index contributed by atoms with van der Waals surface area (Å²) in [5, 5.41) is 3.69. The summed E-state index contributed by atoms with van der Waals surface area (Å²) in [6, 6.07) is 3.54. The average Bonchev–Trinajstić information content (AvgIpc) is 2.36. The quantitative estimate of drug-likeness (QED) is 0.870. The smallest absolute Gasteiger partial charge is 0.224 e. The normalized spacial score (nSPS) is 12.3. The van der Waals surface area contributed by atoms with Crippen molar-refractivity contribution in [1.29, 1.82) is 0 Å². The van der Waals surface area contributed by atoms with Crippen molar-refractivity contribution in [1.82, 2.24) is 0 Å². The number of halogens is 2. The third kappa shape index (κ3) is 4.16. The van der Waals surface area contributed by atoms with Crippen LogP contribution in [-0.2, 0) is 4.79 Å². The zero-order valence-electron chi connectivity index (χ0n) is 10.6. The lowest BCUT2D eigenvalue weighted by Gasteiger charge is -2.12. The summed E-state index contributed by atoms with van der Waals surface area (Å²) in [6.07, 6.45) is 1.17. The standard InChI is InChI=1S/C13H18Cl2N2O/c1-8(7-16)3-6-11(18)17-13-10(14)5-4-9(2)12(13)15/h4-5,8H,3,6-7,16H2,1-2H3,(H,17,18). The second-order valence-corrected chi connectivity index (χ2v) is 5.27. The van der Waals surface area contributed by atoms with E-state index in [0.29, 0.717) is 34.6 Å². The molecule has 1 unspecified atom stereocenters. The fourth-order valence-electron chi connectivity index (χ4n) is 1.47. The van der Waals surface area contributed by atoms with Crippen LogP contribution in [0, 0.1) is 12.8 Å². The molecular formula is C13H18Cl2N2O. The van der Waals surface area contributed by atoms with Gasteiger partial charge in [0.2, 0.25) is 5.91 Å². The summed E-state index contributed by atoms with van der Waals surface area (Å²) in [4.78, 5) is 11.8. The van der Waals surface area contributed by atoms with E-state index in [1.807, 2.05) is 19.9 Å². The molecule has 0 aliphatic carbocycles. The molecule has 0 aliphatic rings. The van der Waals surface area contributed by atoms with E-state index >= 15 is 0 Å². The fraction of sp³-hybridized carbons (Fsp3) is 0.462. The predicted molar refractivity (Wildman–Crippen MR) is 77.3 cm³/mol. The molecule has 1 aromatic carbocycles. The lowest BCUT2D eigenvalue weighted by atomic mass is 10.1. The highest BCUT2D eigenvalue weighted by Crippen LogP contribution is 2.33. The van der Waals surface area contributed by atoms with Crippen LogP contribution in [-0.4, -0.2) is 12.5 Å². The maximum atomic E-state index is 11.8. The minimum atomic E-state index is -0.0929. The van der Waals surface area contributed by atoms with Crippen LogP contribution >= 0.6 is 23.2 Å². The van der Waals surface area contributed by atoms with E-state index in [9.17, 15) is 4.79 Å². The topological polar surface area (TPSA) is 55.1 Å². The minimum Gasteiger partial charge on any atom is -0.330 e. The zero-order chi connectivity index (χ0) is 13.7. The van der Waals surface area contributed by atoms with Crippen LogP contribution in [0.1, 0.15) is 25.3 Å². The predicted octanol–water partition coefficient (Wildman–Crippen LogP) is 3.62. The Hall–Kier alpha value is -0.770. The lowest BCUT2D eigenvalue weighted by Crippen LogP contribution is -2.16. The number of aryl methyl sites for hydroxylation is 1. The Bertz CT molecular complexity index is 435. The van der Waals surface area contributed by atoms with Gasteiger partial charge >= 0.3 is 0 Å². The molecule has 0 aliphatic heterocycles. The van der Waals surface area contributed by atoms with Gasteiger partial charge < -0.3 is 11.1 Å². The first-order valence-electron chi connectivity index (χ1n) is 5.90. The van der Waals surface area contributed by atoms with Gasteiger partial charge in [-0.05, 0) is 37.4 Å². The van der Waals surface area contributed by atoms with E-state index in [-0.39, 0.29) is 5.91 Å². The largest absolute Gasteiger partial charge is 0.330 e. The van der Waals surface area contributed by atoms with Gasteiger partial charge in [0, 0.05) is 6.42 Å². The third-order valence-electron chi connectivity index (χ3n) is 2.82. The van der Waals surface area contributed by atoms with Crippen molar-refractivity contribution in [2.45, 2.75) is 26.7 Å². The van der Waals surface area contributed by atoms with Gasteiger partial charge in [-0.1, -0.05) is 36.2 Å². The monoisotopic (exact) mass is 288 g/mol. The summed E-state index contributed by atoms with van der Waals surface area (Å²) in [7, 11) is 0. The first-order chi connectivity index (χ1) is 8.45. The molecule has 0 saturated heterocycles. The molecule has 0 heterocycles. The highest BCUT2D eigenvalue weighted by molar-refractivity contribution is 6.40. The molecule has 0 fully saturated rings. The van der Waals surface area contributed by atoms with Crippen molar-refractivity contribution < 1.29 is 4.79 Å². The van der Waals surface area contributed by atoms with Gasteiger partial charge in [-0.2, -0.15) is 0 Å². The number of nitrogens with two attached hydrogens (primary N) is 1. The second kappa shape index (κ2) is 6.98. The van der Waals surface area contributed by atoms with Gasteiger partial charge in [-0.3, -0.25) is 4.79 Å². The van der Waals surface area contributed by atoms with Gasteiger partial charge in [0.05, 0.1) is 15.7 Å². The van der Waals surface area contributed by atoms with E-state index in [1.54, 1.807) is 6.07 Å². The van der Waals surface area contributed by atoms with Crippen LogP contribution in [0.15, 0.2) is 12.1 Å². The van der Waals surface area contributed by atoms with Crippen molar-refractivity contribution in [2.24, 2.45) is 11.7 Å². The first kappa shape index (κ1) is 15.3. The van der Waals surface area contributed by atoms with Crippen LogP contribution < -0.4 is 11.1 Å². The molecule has 0 radical (unpaired) electrons. The Labute approximate surface area is 118 Å². The molecule has 1 rings (SSSR count). The molecular weight excluding hydrogens is 271 g/mol. The van der Waals surface area contributed by atoms with Crippen molar-refractivity contribution in [3.8, 4) is 0 Å². The highest BCUT2D eigenvalue weighted by atomic mass is 35.5. The van der Waals surface area contributed by atoms with Crippen molar-refractivity contribution in [2.75, 3.05) is 11.9 Å². The highest BCUT2D eigenvalue weighted by Gasteiger charge is 2.12. The number of rotatable bonds is 5. The Balaban J connectivity index is 2.68. The molecule has 18 heavy (non-hydrogen) atoms. The van der Waals surface area contributed by atoms with Crippen LogP contribution in [0.4, 0.5) is 5.69 Å². The van der Waals surface area contributed by atoms with E-state index in [4.69, 9.17) is 28.9 Å². The summed E-state index contributed by atoms with van der Waals surface area (Å²) < 4.78 is 0. The number of benzene rings is 1. The number of carbonyl (C=O) groups excluding carboxylic acids is 1. The van der Waals surface area contributed by atoms with Crippen molar-refractivity contribution in [3.63, 3.8) is 0 Å². The lowest BCUT2D eigenvalue weighted by molar-refractivity contribution is -0.116. The molecule has 0 saturated carbocycles. The summed E-state index contributed by atoms with van der Waals surface area (Å²) in [5.41, 5.74) is 6.88. The van der Waals surface area contributed by atoms with E-state index in [1.165, 1.54) is 0 Å². The van der Waals surface area contributed by atoms with Crippen LogP contribution in [0.25, 0.3) is 0 Å². The minimum absolute atomic E-state index is 0.0929. The third-order valence-corrected chi connectivity index (χ3v) is 3.62. The van der Waals surface area contributed by atoms with Crippen molar-refractivity contribution >= 4 is 34.8 Å². The maximum absolute atomic E-state index is 11.8. The maximum Gasteiger partial charge on any atom is 0.224 e. The Morgan fingerprint density at radius 3 is 2.72 bits per heavy atom.